The molecule has 3 aromatic rings. The first-order valence-corrected chi connectivity index (χ1v) is 10.9. The van der Waals surface area contributed by atoms with Crippen LogP contribution in [0.1, 0.15) is 36.7 Å². The lowest BCUT2D eigenvalue weighted by Crippen LogP contribution is -2.29. The number of nitrogens with zero attached hydrogens (tertiary/aromatic N) is 2. The summed E-state index contributed by atoms with van der Waals surface area (Å²) in [5, 5.41) is 11.7. The monoisotopic (exact) mass is 462 g/mol. The average Bonchev–Trinajstić information content (AvgIpc) is 3.06. The van der Waals surface area contributed by atoms with Gasteiger partial charge < -0.3 is 9.84 Å². The topological polar surface area (TPSA) is 79.7 Å². The van der Waals surface area contributed by atoms with Crippen LogP contribution in [0.4, 0.5) is 5.69 Å². The Morgan fingerprint density at radius 2 is 1.88 bits per heavy atom. The van der Waals surface area contributed by atoms with Crippen molar-refractivity contribution in [2.24, 2.45) is 0 Å². The molecule has 33 heavy (non-hydrogen) atoms. The number of aliphatic hydroxyl groups excluding tert-OH is 1. The molecule has 1 unspecified atom stereocenters. The minimum absolute atomic E-state index is 0.0444. The maximum absolute atomic E-state index is 13.2. The number of amides is 1. The zero-order chi connectivity index (χ0) is 23.7. The predicted molar refractivity (Wildman–Crippen MR) is 127 cm³/mol. The molecule has 0 spiro atoms. The van der Waals surface area contributed by atoms with Gasteiger partial charge in [-0.2, -0.15) is 0 Å². The maximum atomic E-state index is 13.2. The third kappa shape index (κ3) is 4.34. The second-order valence-electron chi connectivity index (χ2n) is 8.05. The van der Waals surface area contributed by atoms with Crippen molar-refractivity contribution in [3.8, 4) is 5.75 Å². The van der Waals surface area contributed by atoms with Crippen LogP contribution in [0.25, 0.3) is 5.76 Å². The normalized spacial score (nSPS) is 17.6. The molecule has 1 amide bonds. The Bertz CT molecular complexity index is 1250. The van der Waals surface area contributed by atoms with Crippen molar-refractivity contribution >= 4 is 34.7 Å². The minimum atomic E-state index is -0.917. The molecule has 0 aliphatic carbocycles. The summed E-state index contributed by atoms with van der Waals surface area (Å²) in [4.78, 5) is 32.1. The summed E-state index contributed by atoms with van der Waals surface area (Å²) < 4.78 is 5.72. The number of ether oxygens (including phenoxy) is 1. The molecule has 4 rings (SSSR count). The van der Waals surface area contributed by atoms with Gasteiger partial charge in [-0.1, -0.05) is 35.9 Å². The van der Waals surface area contributed by atoms with Crippen molar-refractivity contribution in [3.63, 3.8) is 0 Å². The van der Waals surface area contributed by atoms with Gasteiger partial charge in [0.2, 0.25) is 0 Å². The van der Waals surface area contributed by atoms with E-state index in [1.54, 1.807) is 66.9 Å². The standard InChI is InChI=1S/C26H23ClN2O4/c1-15(2)33-19-8-6-7-17(13-19)24(30)22-23(21-9-4-5-12-28-21)29(26(32)25(22)31)18-11-10-16(3)20(27)14-18/h4-15,23,30H,1-3H3/b24-22+. The van der Waals surface area contributed by atoms with E-state index in [9.17, 15) is 14.7 Å². The van der Waals surface area contributed by atoms with E-state index in [4.69, 9.17) is 16.3 Å². The van der Waals surface area contributed by atoms with Crippen LogP contribution in [0.2, 0.25) is 5.02 Å². The molecule has 1 atom stereocenters. The Morgan fingerprint density at radius 3 is 2.55 bits per heavy atom. The van der Waals surface area contributed by atoms with Gasteiger partial charge in [-0.3, -0.25) is 19.5 Å². The van der Waals surface area contributed by atoms with Crippen LogP contribution in [0.15, 0.2) is 72.4 Å². The Hall–Kier alpha value is -3.64. The number of rotatable bonds is 5. The highest BCUT2D eigenvalue weighted by Crippen LogP contribution is 2.42. The SMILES string of the molecule is Cc1ccc(N2C(=O)C(=O)/C(=C(/O)c3cccc(OC(C)C)c3)C2c2ccccn2)cc1Cl. The van der Waals surface area contributed by atoms with Crippen LogP contribution in [-0.2, 0) is 9.59 Å². The number of carbonyl (C=O) groups is 2. The number of aryl methyl sites for hydroxylation is 1. The first-order valence-electron chi connectivity index (χ1n) is 10.5. The minimum Gasteiger partial charge on any atom is -0.507 e. The van der Waals surface area contributed by atoms with Gasteiger partial charge in [-0.05, 0) is 62.7 Å². The van der Waals surface area contributed by atoms with Crippen molar-refractivity contribution in [2.45, 2.75) is 32.9 Å². The Morgan fingerprint density at radius 1 is 1.09 bits per heavy atom. The smallest absolute Gasteiger partial charge is 0.300 e. The highest BCUT2D eigenvalue weighted by atomic mass is 35.5. The van der Waals surface area contributed by atoms with Crippen molar-refractivity contribution in [1.82, 2.24) is 4.98 Å². The first-order chi connectivity index (χ1) is 15.8. The summed E-state index contributed by atoms with van der Waals surface area (Å²) in [6.45, 7) is 5.64. The third-order valence-corrected chi connectivity index (χ3v) is 5.73. The number of benzene rings is 2. The molecular weight excluding hydrogens is 440 g/mol. The molecule has 1 aliphatic rings. The molecule has 1 aliphatic heterocycles. The Balaban J connectivity index is 1.90. The lowest BCUT2D eigenvalue weighted by Gasteiger charge is -2.25. The van der Waals surface area contributed by atoms with Crippen molar-refractivity contribution in [2.75, 3.05) is 4.90 Å². The van der Waals surface area contributed by atoms with Crippen molar-refractivity contribution in [3.05, 3.63) is 94.3 Å². The number of ketones is 1. The molecule has 2 aromatic carbocycles. The molecule has 1 aromatic heterocycles. The molecule has 0 radical (unpaired) electrons. The van der Waals surface area contributed by atoms with Crippen molar-refractivity contribution < 1.29 is 19.4 Å². The number of hydrogen-bond donors (Lipinski definition) is 1. The zero-order valence-corrected chi connectivity index (χ0v) is 19.2. The number of aromatic nitrogens is 1. The van der Waals surface area contributed by atoms with E-state index in [1.807, 2.05) is 20.8 Å². The molecule has 0 bridgehead atoms. The fourth-order valence-electron chi connectivity index (χ4n) is 3.79. The van der Waals surface area contributed by atoms with Gasteiger partial charge in [0.15, 0.2) is 0 Å². The van der Waals surface area contributed by atoms with E-state index >= 15 is 0 Å². The number of anilines is 1. The van der Waals surface area contributed by atoms with E-state index < -0.39 is 17.7 Å². The highest BCUT2D eigenvalue weighted by molar-refractivity contribution is 6.51. The average molecular weight is 463 g/mol. The molecule has 1 N–H and O–H groups in total. The number of pyridine rings is 1. The fraction of sp³-hybridized carbons (Fsp3) is 0.192. The highest BCUT2D eigenvalue weighted by Gasteiger charge is 2.47. The lowest BCUT2D eigenvalue weighted by atomic mass is 9.98. The summed E-state index contributed by atoms with van der Waals surface area (Å²) in [5.74, 6) is -1.31. The number of Topliss-reactive ketones (excluding diaryl/α,β-unsaturated/α-hetero) is 1. The van der Waals surface area contributed by atoms with Gasteiger partial charge >= 0.3 is 0 Å². The van der Waals surface area contributed by atoms with E-state index in [0.29, 0.717) is 27.7 Å². The maximum Gasteiger partial charge on any atom is 0.300 e. The molecule has 1 saturated heterocycles. The van der Waals surface area contributed by atoms with Crippen molar-refractivity contribution in [1.29, 1.82) is 0 Å². The number of aliphatic hydroxyl groups is 1. The second-order valence-corrected chi connectivity index (χ2v) is 8.46. The van der Waals surface area contributed by atoms with Gasteiger partial charge in [-0.25, -0.2) is 0 Å². The summed E-state index contributed by atoms with van der Waals surface area (Å²) in [7, 11) is 0. The number of halogens is 1. The van der Waals surface area contributed by atoms with Crippen LogP contribution < -0.4 is 9.64 Å². The summed E-state index contributed by atoms with van der Waals surface area (Å²) >= 11 is 6.31. The van der Waals surface area contributed by atoms with E-state index in [1.165, 1.54) is 4.90 Å². The van der Waals surface area contributed by atoms with Gasteiger partial charge in [0, 0.05) is 22.5 Å². The van der Waals surface area contributed by atoms with Crippen LogP contribution in [0.5, 0.6) is 5.75 Å². The van der Waals surface area contributed by atoms with Gasteiger partial charge in [0.1, 0.15) is 17.6 Å². The number of hydrogen-bond acceptors (Lipinski definition) is 5. The third-order valence-electron chi connectivity index (χ3n) is 5.33. The Labute approximate surface area is 197 Å². The fourth-order valence-corrected chi connectivity index (χ4v) is 3.97. The molecule has 0 saturated carbocycles. The van der Waals surface area contributed by atoms with Crippen LogP contribution in [0.3, 0.4) is 0 Å². The van der Waals surface area contributed by atoms with E-state index in [0.717, 1.165) is 5.56 Å². The van der Waals surface area contributed by atoms with Crippen LogP contribution in [0, 0.1) is 6.92 Å². The van der Waals surface area contributed by atoms with Crippen LogP contribution >= 0.6 is 11.6 Å². The molecule has 2 heterocycles. The molecule has 1 fully saturated rings. The largest absolute Gasteiger partial charge is 0.507 e. The second kappa shape index (κ2) is 9.08. The number of carbonyl (C=O) groups excluding carboxylic acids is 2. The summed E-state index contributed by atoms with van der Waals surface area (Å²) in [5.41, 5.74) is 2.06. The van der Waals surface area contributed by atoms with Gasteiger partial charge in [0.05, 0.1) is 17.4 Å². The summed E-state index contributed by atoms with van der Waals surface area (Å²) in [6, 6.07) is 16.2. The zero-order valence-electron chi connectivity index (χ0n) is 18.4. The Kier molecular flexibility index (Phi) is 6.20. The quantitative estimate of drug-likeness (QED) is 0.309. The summed E-state index contributed by atoms with van der Waals surface area (Å²) in [6.07, 6.45) is 1.52. The van der Waals surface area contributed by atoms with Gasteiger partial charge in [0.25, 0.3) is 11.7 Å². The molecule has 7 heteroatoms. The van der Waals surface area contributed by atoms with Crippen LogP contribution in [-0.4, -0.2) is 27.9 Å². The van der Waals surface area contributed by atoms with E-state index in [2.05, 4.69) is 4.98 Å². The molecule has 168 valence electrons. The first kappa shape index (κ1) is 22.6. The molecule has 6 nitrogen and oxygen atoms in total. The van der Waals surface area contributed by atoms with E-state index in [-0.39, 0.29) is 17.4 Å². The van der Waals surface area contributed by atoms with Gasteiger partial charge in [-0.15, -0.1) is 0 Å². The predicted octanol–water partition coefficient (Wildman–Crippen LogP) is 5.46. The molecular formula is C26H23ClN2O4. The lowest BCUT2D eigenvalue weighted by molar-refractivity contribution is -0.132.